The van der Waals surface area contributed by atoms with Crippen LogP contribution in [0.5, 0.6) is 34.5 Å². The van der Waals surface area contributed by atoms with E-state index in [0.29, 0.717) is 56.8 Å². The number of nitrogens with zero attached hydrogens (tertiary/aromatic N) is 3. The second-order valence-corrected chi connectivity index (χ2v) is 19.9. The van der Waals surface area contributed by atoms with Crippen molar-refractivity contribution in [1.29, 1.82) is 0 Å². The first-order valence-corrected chi connectivity index (χ1v) is 29.2. The predicted molar refractivity (Wildman–Crippen MR) is 341 cm³/mol. The Hall–Kier alpha value is -10.3. The second kappa shape index (κ2) is 38.5. The third kappa shape index (κ3) is 24.1. The van der Waals surface area contributed by atoms with Gasteiger partial charge >= 0.3 is 11.9 Å². The molecule has 5 atom stereocenters. The number of ether oxygens (including phenoxy) is 7. The lowest BCUT2D eigenvalue weighted by Gasteiger charge is -2.13. The number of amides is 1. The summed E-state index contributed by atoms with van der Waals surface area (Å²) in [5, 5.41) is 43.6. The van der Waals surface area contributed by atoms with E-state index in [0.717, 1.165) is 46.1 Å². The van der Waals surface area contributed by atoms with Gasteiger partial charge in [-0.3, -0.25) is 14.4 Å². The molecule has 24 nitrogen and oxygen atoms in total. The average molecular weight is 1370 g/mol. The molecule has 27 heteroatoms. The van der Waals surface area contributed by atoms with Gasteiger partial charge in [-0.05, 0) is 168 Å². The van der Waals surface area contributed by atoms with Crippen LogP contribution in [0.15, 0.2) is 166 Å². The van der Waals surface area contributed by atoms with Crippen LogP contribution in [0.2, 0.25) is 0 Å². The molecule has 94 heavy (non-hydrogen) atoms. The zero-order valence-electron chi connectivity index (χ0n) is 52.6. The van der Waals surface area contributed by atoms with Crippen LogP contribution < -0.4 is 34.2 Å². The van der Waals surface area contributed by atoms with E-state index in [1.807, 2.05) is 60.7 Å². The molecule has 500 valence electrons. The van der Waals surface area contributed by atoms with E-state index in [1.54, 1.807) is 110 Å². The van der Waals surface area contributed by atoms with Crippen molar-refractivity contribution in [3.63, 3.8) is 0 Å². The van der Waals surface area contributed by atoms with E-state index in [1.165, 1.54) is 39.7 Å². The molecule has 0 aliphatic heterocycles. The van der Waals surface area contributed by atoms with Gasteiger partial charge in [0.1, 0.15) is 100 Å². The minimum Gasteiger partial charge on any atom is -0.497 e. The molecular formula is C67H71BrF2N4O20. The first kappa shape index (κ1) is 76.1. The Bertz CT molecular complexity index is 3710. The Morgan fingerprint density at radius 2 is 0.830 bits per heavy atom. The largest absolute Gasteiger partial charge is 0.497 e. The third-order valence-corrected chi connectivity index (χ3v) is 12.9. The van der Waals surface area contributed by atoms with Crippen molar-refractivity contribution in [3.8, 4) is 68.3 Å². The van der Waals surface area contributed by atoms with Gasteiger partial charge in [-0.25, -0.2) is 33.3 Å². The third-order valence-electron chi connectivity index (χ3n) is 12.4. The molecule has 3 aromatic heterocycles. The summed E-state index contributed by atoms with van der Waals surface area (Å²) in [6.45, 7) is 6.90. The molecule has 0 aliphatic rings. The first-order valence-electron chi connectivity index (χ1n) is 28.0. The van der Waals surface area contributed by atoms with Crippen LogP contribution in [-0.2, 0) is 14.3 Å². The zero-order valence-corrected chi connectivity index (χ0v) is 54.2. The minimum absolute atomic E-state index is 0.0812. The van der Waals surface area contributed by atoms with E-state index in [-0.39, 0.29) is 29.8 Å². The van der Waals surface area contributed by atoms with E-state index >= 15 is 0 Å². The molecule has 0 radical (unpaired) electrons. The quantitative estimate of drug-likeness (QED) is 0.0221. The molecule has 0 spiro atoms. The van der Waals surface area contributed by atoms with Crippen LogP contribution in [0.25, 0.3) is 33.8 Å². The topological polar surface area (TPSA) is 355 Å². The Balaban J connectivity index is 0.000000251. The van der Waals surface area contributed by atoms with E-state index in [4.69, 9.17) is 62.7 Å². The lowest BCUT2D eigenvalue weighted by atomic mass is 10.1. The number of carboxylic acid groups (broad SMARTS) is 1. The fraction of sp³-hybridized carbons (Fsp3) is 0.254. The number of benzene rings is 6. The van der Waals surface area contributed by atoms with Crippen LogP contribution in [-0.4, -0.2) is 130 Å². The van der Waals surface area contributed by atoms with Crippen LogP contribution in [0.3, 0.4) is 0 Å². The van der Waals surface area contributed by atoms with Gasteiger partial charge in [-0.2, -0.15) is 0 Å². The van der Waals surface area contributed by atoms with Crippen LogP contribution in [0.1, 0.15) is 102 Å². The van der Waals surface area contributed by atoms with Gasteiger partial charge in [0, 0.05) is 27.8 Å². The lowest BCUT2D eigenvalue weighted by molar-refractivity contribution is -0.151. The Kier molecular flexibility index (Phi) is 31.2. The van der Waals surface area contributed by atoms with Crippen LogP contribution >= 0.6 is 15.9 Å². The lowest BCUT2D eigenvalue weighted by Crippen LogP contribution is -2.22. The smallest absolute Gasteiger partial charge is 0.335 e. The number of aromatic nitrogens is 3. The monoisotopic (exact) mass is 1370 g/mol. The summed E-state index contributed by atoms with van der Waals surface area (Å²) in [6, 6.07) is 37.6. The van der Waals surface area contributed by atoms with Gasteiger partial charge < -0.3 is 77.7 Å². The molecule has 0 aliphatic carbocycles. The molecule has 3 heterocycles. The molecule has 0 saturated carbocycles. The van der Waals surface area contributed by atoms with E-state index in [2.05, 4.69) is 35.6 Å². The summed E-state index contributed by atoms with van der Waals surface area (Å²) in [4.78, 5) is 67.0. The number of Topliss-reactive ketones (excluding diaryl/α,β-unsaturated/α-hetero) is 2. The molecular weight excluding hydrogens is 1300 g/mol. The second-order valence-electron chi connectivity index (χ2n) is 19.3. The summed E-state index contributed by atoms with van der Waals surface area (Å²) < 4.78 is 78.7. The maximum absolute atomic E-state index is 14.3. The summed E-state index contributed by atoms with van der Waals surface area (Å²) >= 11 is 3.11. The molecule has 0 unspecified atom stereocenters. The number of methoxy groups -OCH3 is 5. The van der Waals surface area contributed by atoms with Crippen molar-refractivity contribution in [2.45, 2.75) is 65.1 Å². The number of primary amides is 1. The number of rotatable bonds is 21. The molecule has 0 saturated heterocycles. The first-order chi connectivity index (χ1) is 44.8. The predicted octanol–water partition coefficient (Wildman–Crippen LogP) is 11.2. The summed E-state index contributed by atoms with van der Waals surface area (Å²) in [6.07, 6.45) is -0.124. The maximum Gasteiger partial charge on any atom is 0.335 e. The van der Waals surface area contributed by atoms with Crippen molar-refractivity contribution >= 4 is 45.3 Å². The minimum atomic E-state index is -1.23. The van der Waals surface area contributed by atoms with Crippen LogP contribution in [0, 0.1) is 11.6 Å². The van der Waals surface area contributed by atoms with Gasteiger partial charge in [0.2, 0.25) is 17.7 Å². The van der Waals surface area contributed by atoms with Gasteiger partial charge in [0.15, 0.2) is 35.8 Å². The highest BCUT2D eigenvalue weighted by Crippen LogP contribution is 2.31. The van der Waals surface area contributed by atoms with Gasteiger partial charge in [-0.15, -0.1) is 0 Å². The molecule has 0 bridgehead atoms. The number of nitrogens with two attached hydrogens (primary N) is 1. The molecule has 1 amide bonds. The maximum atomic E-state index is 14.3. The number of alkyl halides is 1. The van der Waals surface area contributed by atoms with E-state index < -0.39 is 65.6 Å². The molecule has 6 aromatic carbocycles. The van der Waals surface area contributed by atoms with Gasteiger partial charge in [-0.1, -0.05) is 15.9 Å². The van der Waals surface area contributed by atoms with Crippen LogP contribution in [0.4, 0.5) is 8.78 Å². The summed E-state index contributed by atoms with van der Waals surface area (Å²) in [5.74, 6) is -1.49. The highest BCUT2D eigenvalue weighted by molar-refractivity contribution is 9.09. The number of carbonyl (C=O) groups excluding carboxylic acids is 4. The Labute approximate surface area is 547 Å². The van der Waals surface area contributed by atoms with Crippen molar-refractivity contribution in [2.24, 2.45) is 5.73 Å². The van der Waals surface area contributed by atoms with Gasteiger partial charge in [0.05, 0.1) is 40.9 Å². The zero-order chi connectivity index (χ0) is 69.6. The van der Waals surface area contributed by atoms with Crippen molar-refractivity contribution in [1.82, 2.24) is 15.0 Å². The number of carboxylic acids is 1. The number of hydrogen-bond acceptors (Lipinski definition) is 22. The number of aliphatic carboxylic acids is 1. The normalized spacial score (nSPS) is 11.8. The number of oxazole rings is 3. The molecule has 0 fully saturated rings. The number of hydrogen-bond donors (Lipinski definition) is 6. The molecule has 7 N–H and O–H groups in total. The number of aliphatic hydroxyl groups is 4. The number of aliphatic hydroxyl groups excluding tert-OH is 4. The number of ketones is 2. The fourth-order valence-electron chi connectivity index (χ4n) is 7.18. The summed E-state index contributed by atoms with van der Waals surface area (Å²) in [7, 11) is 7.94. The SMILES string of the molecule is COc1ccc(-c2coc([C@@H](C)O)n2)cc1.COc1ccc(-c2coc([C@H](C)O)n2)cc1.COc1ccc(-c2coc([C@H](C)Oc3ccc(F)c(C(N)=O)c3F)n2)cc1.COc1ccc(C(=O)CBr)cc1.COc1ccc(C(=O)COC(=O)[C@H](C)O)cc1.C[C@H](O)C(=O)O. The highest BCUT2D eigenvalue weighted by Gasteiger charge is 2.23. The number of carbonyl (C=O) groups is 5. The van der Waals surface area contributed by atoms with Crippen molar-refractivity contribution in [2.75, 3.05) is 47.5 Å². The summed E-state index contributed by atoms with van der Waals surface area (Å²) in [5.41, 5.74) is 9.88. The Morgan fingerprint density at radius 1 is 0.500 bits per heavy atom. The number of halogens is 3. The van der Waals surface area contributed by atoms with Gasteiger partial charge in [0.25, 0.3) is 5.91 Å². The number of esters is 1. The van der Waals surface area contributed by atoms with E-state index in [9.17, 15) is 43.0 Å². The van der Waals surface area contributed by atoms with Crippen molar-refractivity contribution in [3.05, 3.63) is 198 Å². The molecule has 9 aromatic rings. The Morgan fingerprint density at radius 3 is 1.13 bits per heavy atom. The standard InChI is InChI=1S/C19H16F2N2O4.2C12H13NO3.C12H14O5.C9H9BrO2.C3H6O3/c1-10(27-15-8-7-13(20)16(17(15)21)18(22)24)19-23-14(9-26-19)11-3-5-12(25-2)6-4-11;2*1-8(14)12-13-11(7-16-12)9-3-5-10(15-2)6-4-9;1-8(13)12(15)17-7-11(14)9-3-5-10(16-2)6-4-9;1-12-8-4-2-7(3-5-8)9(11)6-10;1-2(4)3(5)6/h3-10H,1-2H3,(H2,22,24);2*3-8,14H,1-2H3;3-6,8,13H,7H2,1-2H3;2-5H,6H2,1H3;2,4H,1H3,(H,5,6)/t10-;3*8-;;2-/m0100.0/s1. The average Bonchev–Trinajstić information content (AvgIpc) is 1.62. The van der Waals surface area contributed by atoms with Crippen molar-refractivity contribution < 1.29 is 105 Å². The molecule has 9 rings (SSSR count). The fourth-order valence-corrected chi connectivity index (χ4v) is 7.50. The highest BCUT2D eigenvalue weighted by atomic mass is 79.9.